The fraction of sp³-hybridized carbons (Fsp3) is 0.800. The van der Waals surface area contributed by atoms with Crippen molar-refractivity contribution >= 4 is 6.03 Å². The minimum atomic E-state index is 0.0157. The number of nitrogens with one attached hydrogen (secondary N) is 1. The summed E-state index contributed by atoms with van der Waals surface area (Å²) in [6.07, 6.45) is 4.57. The molecule has 0 aromatic rings. The molecule has 0 aromatic carbocycles. The summed E-state index contributed by atoms with van der Waals surface area (Å²) in [7, 11) is 0. The Balaban J connectivity index is 1.69. The lowest BCUT2D eigenvalue weighted by molar-refractivity contribution is 0.0517. The van der Waals surface area contributed by atoms with Gasteiger partial charge in [-0.2, -0.15) is 0 Å². The first kappa shape index (κ1) is 15.3. The van der Waals surface area contributed by atoms with E-state index in [2.05, 4.69) is 11.9 Å². The minimum absolute atomic E-state index is 0.0157. The molecule has 2 aliphatic rings. The monoisotopic (exact) mass is 282 g/mol. The van der Waals surface area contributed by atoms with E-state index in [1.165, 1.54) is 0 Å². The maximum absolute atomic E-state index is 12.2. The lowest BCUT2D eigenvalue weighted by Gasteiger charge is -2.29. The van der Waals surface area contributed by atoms with Crippen molar-refractivity contribution in [3.63, 3.8) is 0 Å². The van der Waals surface area contributed by atoms with Gasteiger partial charge in [-0.1, -0.05) is 12.2 Å². The third-order valence-corrected chi connectivity index (χ3v) is 3.83. The average Bonchev–Trinajstić information content (AvgIpc) is 3.08. The summed E-state index contributed by atoms with van der Waals surface area (Å²) in [5.74, 6) is 0. The molecular weight excluding hydrogens is 256 g/mol. The summed E-state index contributed by atoms with van der Waals surface area (Å²) in [5, 5.41) is 2.93. The zero-order chi connectivity index (χ0) is 14.4. The van der Waals surface area contributed by atoms with Gasteiger partial charge in [0.15, 0.2) is 0 Å². The molecule has 5 nitrogen and oxygen atoms in total. The molecule has 0 radical (unpaired) electrons. The van der Waals surface area contributed by atoms with Crippen LogP contribution in [0.2, 0.25) is 0 Å². The number of ether oxygens (including phenoxy) is 2. The number of hydrogen-bond donors (Lipinski definition) is 1. The van der Waals surface area contributed by atoms with Crippen LogP contribution in [0.3, 0.4) is 0 Å². The van der Waals surface area contributed by atoms with E-state index in [9.17, 15) is 4.79 Å². The van der Waals surface area contributed by atoms with E-state index >= 15 is 0 Å². The summed E-state index contributed by atoms with van der Waals surface area (Å²) in [5.41, 5.74) is 0.995. The molecule has 0 aromatic heterocycles. The number of likely N-dealkylation sites (tertiary alicyclic amines) is 1. The first-order valence-corrected chi connectivity index (χ1v) is 7.56. The second-order valence-electron chi connectivity index (χ2n) is 5.70. The predicted octanol–water partition coefficient (Wildman–Crippen LogP) is 1.93. The molecule has 0 bridgehead atoms. The smallest absolute Gasteiger partial charge is 0.317 e. The van der Waals surface area contributed by atoms with Crippen molar-refractivity contribution < 1.29 is 14.3 Å². The highest BCUT2D eigenvalue weighted by Gasteiger charge is 2.36. The first-order valence-electron chi connectivity index (χ1n) is 7.56. The van der Waals surface area contributed by atoms with Crippen molar-refractivity contribution in [1.29, 1.82) is 0 Å². The van der Waals surface area contributed by atoms with Crippen molar-refractivity contribution in [3.05, 3.63) is 12.2 Å². The van der Waals surface area contributed by atoms with Crippen molar-refractivity contribution in [2.24, 2.45) is 0 Å². The van der Waals surface area contributed by atoms with Gasteiger partial charge < -0.3 is 19.7 Å². The highest BCUT2D eigenvalue weighted by atomic mass is 16.5. The number of urea groups is 1. The standard InChI is InChI=1S/C15H26N2O3/c1-12(2)11-19-10-7-16-15(18)17-8-3-5-13(17)14-6-4-9-20-14/h13-14H,1,3-11H2,2H3,(H,16,18). The van der Waals surface area contributed by atoms with E-state index in [-0.39, 0.29) is 18.2 Å². The van der Waals surface area contributed by atoms with Crippen LogP contribution in [0.15, 0.2) is 12.2 Å². The molecule has 2 heterocycles. The van der Waals surface area contributed by atoms with Gasteiger partial charge >= 0.3 is 6.03 Å². The normalized spacial score (nSPS) is 25.9. The molecule has 2 rings (SSSR count). The molecule has 2 saturated heterocycles. The quantitative estimate of drug-likeness (QED) is 0.598. The van der Waals surface area contributed by atoms with Crippen LogP contribution in [-0.2, 0) is 9.47 Å². The van der Waals surface area contributed by atoms with Gasteiger partial charge in [-0.3, -0.25) is 0 Å². The molecule has 2 amide bonds. The van der Waals surface area contributed by atoms with Crippen LogP contribution in [-0.4, -0.2) is 56.0 Å². The largest absolute Gasteiger partial charge is 0.376 e. The summed E-state index contributed by atoms with van der Waals surface area (Å²) >= 11 is 0. The van der Waals surface area contributed by atoms with Gasteiger partial charge in [0, 0.05) is 19.7 Å². The van der Waals surface area contributed by atoms with E-state index in [1.807, 2.05) is 11.8 Å². The predicted molar refractivity (Wildman–Crippen MR) is 77.7 cm³/mol. The Morgan fingerprint density at radius 1 is 1.45 bits per heavy atom. The van der Waals surface area contributed by atoms with Crippen LogP contribution in [0.5, 0.6) is 0 Å². The van der Waals surface area contributed by atoms with Crippen LogP contribution in [0.25, 0.3) is 0 Å². The van der Waals surface area contributed by atoms with Crippen LogP contribution in [0.1, 0.15) is 32.6 Å². The second kappa shape index (κ2) is 7.64. The lowest BCUT2D eigenvalue weighted by atomic mass is 10.1. The molecule has 0 spiro atoms. The molecule has 1 N–H and O–H groups in total. The van der Waals surface area contributed by atoms with Gasteiger partial charge in [0.25, 0.3) is 0 Å². The van der Waals surface area contributed by atoms with Gasteiger partial charge in [0.1, 0.15) is 0 Å². The van der Waals surface area contributed by atoms with Crippen molar-refractivity contribution in [1.82, 2.24) is 10.2 Å². The molecule has 114 valence electrons. The number of amides is 2. The number of rotatable bonds is 6. The third kappa shape index (κ3) is 4.21. The summed E-state index contributed by atoms with van der Waals surface area (Å²) < 4.78 is 11.1. The van der Waals surface area contributed by atoms with E-state index < -0.39 is 0 Å². The maximum Gasteiger partial charge on any atom is 0.317 e. The molecular formula is C15H26N2O3. The Bertz CT molecular complexity index is 340. The van der Waals surface area contributed by atoms with E-state index in [4.69, 9.17) is 9.47 Å². The van der Waals surface area contributed by atoms with Gasteiger partial charge in [-0.15, -0.1) is 0 Å². The van der Waals surface area contributed by atoms with Crippen LogP contribution in [0, 0.1) is 0 Å². The van der Waals surface area contributed by atoms with Crippen LogP contribution < -0.4 is 5.32 Å². The van der Waals surface area contributed by atoms with Gasteiger partial charge in [0.05, 0.1) is 25.4 Å². The first-order chi connectivity index (χ1) is 9.68. The Morgan fingerprint density at radius 3 is 3.00 bits per heavy atom. The zero-order valence-corrected chi connectivity index (χ0v) is 12.4. The number of carbonyl (C=O) groups is 1. The number of hydrogen-bond acceptors (Lipinski definition) is 3. The number of nitrogens with zero attached hydrogens (tertiary/aromatic N) is 1. The van der Waals surface area contributed by atoms with Crippen LogP contribution in [0.4, 0.5) is 4.79 Å². The second-order valence-corrected chi connectivity index (χ2v) is 5.70. The van der Waals surface area contributed by atoms with Crippen molar-refractivity contribution in [2.75, 3.05) is 32.9 Å². The summed E-state index contributed by atoms with van der Waals surface area (Å²) in [4.78, 5) is 14.1. The molecule has 0 saturated carbocycles. The Labute approximate surface area is 121 Å². The lowest BCUT2D eigenvalue weighted by Crippen LogP contribution is -2.48. The Morgan fingerprint density at radius 2 is 2.30 bits per heavy atom. The molecule has 0 aliphatic carbocycles. The highest BCUT2D eigenvalue weighted by Crippen LogP contribution is 2.27. The summed E-state index contributed by atoms with van der Waals surface area (Å²) in [6, 6.07) is 0.274. The Kier molecular flexibility index (Phi) is 5.86. The fourth-order valence-corrected chi connectivity index (χ4v) is 2.92. The summed E-state index contributed by atoms with van der Waals surface area (Å²) in [6.45, 7) is 8.99. The van der Waals surface area contributed by atoms with E-state index in [1.54, 1.807) is 0 Å². The molecule has 2 unspecified atom stereocenters. The van der Waals surface area contributed by atoms with Gasteiger partial charge in [0.2, 0.25) is 0 Å². The average molecular weight is 282 g/mol. The molecule has 2 aliphatic heterocycles. The topological polar surface area (TPSA) is 50.8 Å². The SMILES string of the molecule is C=C(C)COCCNC(=O)N1CCCC1C1CCCO1. The zero-order valence-electron chi connectivity index (χ0n) is 12.4. The third-order valence-electron chi connectivity index (χ3n) is 3.83. The molecule has 20 heavy (non-hydrogen) atoms. The van der Waals surface area contributed by atoms with Gasteiger partial charge in [-0.05, 0) is 32.6 Å². The molecule has 2 fully saturated rings. The van der Waals surface area contributed by atoms with Gasteiger partial charge in [-0.25, -0.2) is 4.79 Å². The van der Waals surface area contributed by atoms with E-state index in [0.29, 0.717) is 19.8 Å². The van der Waals surface area contributed by atoms with E-state index in [0.717, 1.165) is 44.4 Å². The Hall–Kier alpha value is -1.07. The van der Waals surface area contributed by atoms with Crippen LogP contribution >= 0.6 is 0 Å². The maximum atomic E-state index is 12.2. The van der Waals surface area contributed by atoms with Crippen molar-refractivity contribution in [3.8, 4) is 0 Å². The highest BCUT2D eigenvalue weighted by molar-refractivity contribution is 5.74. The number of carbonyl (C=O) groups excluding carboxylic acids is 1. The minimum Gasteiger partial charge on any atom is -0.376 e. The van der Waals surface area contributed by atoms with Crippen molar-refractivity contribution in [2.45, 2.75) is 44.8 Å². The molecule has 2 atom stereocenters. The fourth-order valence-electron chi connectivity index (χ4n) is 2.92. The molecule has 5 heteroatoms.